The summed E-state index contributed by atoms with van der Waals surface area (Å²) in [4.78, 5) is 0. The average Bonchev–Trinajstić information content (AvgIpc) is 2.50. The van der Waals surface area contributed by atoms with Crippen LogP contribution in [0.4, 0.5) is 0 Å². The van der Waals surface area contributed by atoms with Crippen LogP contribution < -0.4 is 10.1 Å². The standard InChI is InChI=1S/C18H23NO2/c1-3-10-19-12-15-8-9-17(11-14(15)2)21-18-7-5-4-6-16(18)13-20/h4-9,11,19-20H,3,10,12-13H2,1-2H3. The number of nitrogens with one attached hydrogen (secondary N) is 1. The van der Waals surface area contributed by atoms with Gasteiger partial charge in [0.05, 0.1) is 6.61 Å². The zero-order valence-corrected chi connectivity index (χ0v) is 12.7. The van der Waals surface area contributed by atoms with Crippen LogP contribution in [-0.4, -0.2) is 11.7 Å². The van der Waals surface area contributed by atoms with Crippen molar-refractivity contribution >= 4 is 0 Å². The number of aryl methyl sites for hydroxylation is 1. The first kappa shape index (κ1) is 15.5. The molecule has 0 saturated carbocycles. The summed E-state index contributed by atoms with van der Waals surface area (Å²) in [7, 11) is 0. The summed E-state index contributed by atoms with van der Waals surface area (Å²) in [6.45, 7) is 6.14. The molecule has 3 nitrogen and oxygen atoms in total. The summed E-state index contributed by atoms with van der Waals surface area (Å²) in [5, 5.41) is 12.7. The van der Waals surface area contributed by atoms with Crippen molar-refractivity contribution in [2.45, 2.75) is 33.4 Å². The van der Waals surface area contributed by atoms with Gasteiger partial charge < -0.3 is 15.2 Å². The van der Waals surface area contributed by atoms with Crippen molar-refractivity contribution in [1.82, 2.24) is 5.32 Å². The summed E-state index contributed by atoms with van der Waals surface area (Å²) in [6, 6.07) is 13.6. The molecule has 0 unspecified atom stereocenters. The van der Waals surface area contributed by atoms with E-state index in [2.05, 4.69) is 25.2 Å². The predicted molar refractivity (Wildman–Crippen MR) is 85.6 cm³/mol. The molecule has 0 radical (unpaired) electrons. The Kier molecular flexibility index (Phi) is 5.78. The molecular weight excluding hydrogens is 262 g/mol. The van der Waals surface area contributed by atoms with Gasteiger partial charge in [0.15, 0.2) is 0 Å². The topological polar surface area (TPSA) is 41.5 Å². The molecule has 0 atom stereocenters. The highest BCUT2D eigenvalue weighted by Gasteiger charge is 2.05. The number of ether oxygens (including phenoxy) is 1. The van der Waals surface area contributed by atoms with E-state index in [0.717, 1.165) is 30.8 Å². The van der Waals surface area contributed by atoms with Gasteiger partial charge in [0.1, 0.15) is 11.5 Å². The summed E-state index contributed by atoms with van der Waals surface area (Å²) in [5.74, 6) is 1.50. The molecule has 21 heavy (non-hydrogen) atoms. The molecule has 2 aromatic carbocycles. The second-order valence-corrected chi connectivity index (χ2v) is 5.13. The first-order chi connectivity index (χ1) is 10.2. The molecular formula is C18H23NO2. The van der Waals surface area contributed by atoms with Crippen LogP contribution in [0.15, 0.2) is 42.5 Å². The van der Waals surface area contributed by atoms with E-state index in [9.17, 15) is 5.11 Å². The number of aliphatic hydroxyl groups excluding tert-OH is 1. The molecule has 0 aliphatic rings. The van der Waals surface area contributed by atoms with Crippen molar-refractivity contribution in [2.24, 2.45) is 0 Å². The largest absolute Gasteiger partial charge is 0.457 e. The molecule has 0 fully saturated rings. The fourth-order valence-corrected chi connectivity index (χ4v) is 2.19. The minimum Gasteiger partial charge on any atom is -0.457 e. The van der Waals surface area contributed by atoms with E-state index in [1.807, 2.05) is 36.4 Å². The van der Waals surface area contributed by atoms with Gasteiger partial charge in [-0.1, -0.05) is 31.2 Å². The molecule has 112 valence electrons. The molecule has 0 heterocycles. The second-order valence-electron chi connectivity index (χ2n) is 5.13. The first-order valence-electron chi connectivity index (χ1n) is 7.41. The van der Waals surface area contributed by atoms with Gasteiger partial charge in [-0.2, -0.15) is 0 Å². The van der Waals surface area contributed by atoms with Crippen LogP contribution in [0.5, 0.6) is 11.5 Å². The lowest BCUT2D eigenvalue weighted by atomic mass is 10.1. The van der Waals surface area contributed by atoms with Gasteiger partial charge in [0, 0.05) is 12.1 Å². The monoisotopic (exact) mass is 285 g/mol. The lowest BCUT2D eigenvalue weighted by molar-refractivity contribution is 0.276. The normalized spacial score (nSPS) is 10.6. The summed E-state index contributed by atoms with van der Waals surface area (Å²) < 4.78 is 5.88. The number of hydrogen-bond acceptors (Lipinski definition) is 3. The Morgan fingerprint density at radius 2 is 1.90 bits per heavy atom. The SMILES string of the molecule is CCCNCc1ccc(Oc2ccccc2CO)cc1C. The van der Waals surface area contributed by atoms with Crippen LogP contribution in [0.3, 0.4) is 0 Å². The molecule has 3 heteroatoms. The first-order valence-corrected chi connectivity index (χ1v) is 7.41. The highest BCUT2D eigenvalue weighted by Crippen LogP contribution is 2.26. The fourth-order valence-electron chi connectivity index (χ4n) is 2.19. The summed E-state index contributed by atoms with van der Waals surface area (Å²) in [5.41, 5.74) is 3.28. The number of hydrogen-bond donors (Lipinski definition) is 2. The van der Waals surface area contributed by atoms with E-state index in [1.165, 1.54) is 11.1 Å². The minimum atomic E-state index is -0.0197. The number of benzene rings is 2. The van der Waals surface area contributed by atoms with E-state index >= 15 is 0 Å². The van der Waals surface area contributed by atoms with E-state index in [1.54, 1.807) is 0 Å². The van der Waals surface area contributed by atoms with E-state index in [4.69, 9.17) is 4.74 Å². The lowest BCUT2D eigenvalue weighted by Crippen LogP contribution is -2.14. The third kappa shape index (κ3) is 4.31. The van der Waals surface area contributed by atoms with Gasteiger partial charge in [-0.25, -0.2) is 0 Å². The highest BCUT2D eigenvalue weighted by molar-refractivity contribution is 5.40. The summed E-state index contributed by atoms with van der Waals surface area (Å²) in [6.07, 6.45) is 1.14. The van der Waals surface area contributed by atoms with Crippen LogP contribution in [0.1, 0.15) is 30.0 Å². The number of para-hydroxylation sites is 1. The molecule has 2 N–H and O–H groups in total. The maximum atomic E-state index is 9.33. The Morgan fingerprint density at radius 1 is 1.10 bits per heavy atom. The molecule has 0 spiro atoms. The Balaban J connectivity index is 2.09. The average molecular weight is 285 g/mol. The van der Waals surface area contributed by atoms with Crippen molar-refractivity contribution in [2.75, 3.05) is 6.54 Å². The smallest absolute Gasteiger partial charge is 0.132 e. The molecule has 0 aliphatic heterocycles. The quantitative estimate of drug-likeness (QED) is 0.761. The minimum absolute atomic E-state index is 0.0197. The molecule has 0 aromatic heterocycles. The molecule has 0 bridgehead atoms. The van der Waals surface area contributed by atoms with Crippen LogP contribution in [-0.2, 0) is 13.2 Å². The lowest BCUT2D eigenvalue weighted by Gasteiger charge is -2.12. The van der Waals surface area contributed by atoms with Gasteiger partial charge in [0.2, 0.25) is 0 Å². The van der Waals surface area contributed by atoms with Crippen molar-refractivity contribution in [1.29, 1.82) is 0 Å². The van der Waals surface area contributed by atoms with Crippen LogP contribution in [0.2, 0.25) is 0 Å². The van der Waals surface area contributed by atoms with E-state index in [-0.39, 0.29) is 6.61 Å². The van der Waals surface area contributed by atoms with Crippen molar-refractivity contribution < 1.29 is 9.84 Å². The maximum absolute atomic E-state index is 9.33. The Hall–Kier alpha value is -1.84. The van der Waals surface area contributed by atoms with Crippen LogP contribution in [0.25, 0.3) is 0 Å². The van der Waals surface area contributed by atoms with Crippen molar-refractivity contribution in [3.8, 4) is 11.5 Å². The zero-order valence-electron chi connectivity index (χ0n) is 12.7. The zero-order chi connectivity index (χ0) is 15.1. The molecule has 2 aromatic rings. The summed E-state index contributed by atoms with van der Waals surface area (Å²) >= 11 is 0. The molecule has 0 amide bonds. The number of rotatable bonds is 7. The Labute approximate surface area is 126 Å². The van der Waals surface area contributed by atoms with E-state index in [0.29, 0.717) is 5.75 Å². The van der Waals surface area contributed by atoms with E-state index < -0.39 is 0 Å². The molecule has 0 aliphatic carbocycles. The highest BCUT2D eigenvalue weighted by atomic mass is 16.5. The number of aliphatic hydroxyl groups is 1. The third-order valence-electron chi connectivity index (χ3n) is 3.43. The van der Waals surface area contributed by atoms with Crippen molar-refractivity contribution in [3.63, 3.8) is 0 Å². The Morgan fingerprint density at radius 3 is 2.62 bits per heavy atom. The molecule has 0 saturated heterocycles. The van der Waals surface area contributed by atoms with Gasteiger partial charge in [0.25, 0.3) is 0 Å². The van der Waals surface area contributed by atoms with Crippen molar-refractivity contribution in [3.05, 3.63) is 59.2 Å². The fraction of sp³-hybridized carbons (Fsp3) is 0.333. The maximum Gasteiger partial charge on any atom is 0.132 e. The molecule has 2 rings (SSSR count). The van der Waals surface area contributed by atoms with Gasteiger partial charge in [-0.15, -0.1) is 0 Å². The van der Waals surface area contributed by atoms with Gasteiger partial charge in [-0.05, 0) is 49.2 Å². The van der Waals surface area contributed by atoms with Crippen LogP contribution in [0, 0.1) is 6.92 Å². The third-order valence-corrected chi connectivity index (χ3v) is 3.43. The Bertz CT molecular complexity index is 581. The predicted octanol–water partition coefficient (Wildman–Crippen LogP) is 3.78. The van der Waals surface area contributed by atoms with Gasteiger partial charge >= 0.3 is 0 Å². The second kappa shape index (κ2) is 7.81. The van der Waals surface area contributed by atoms with Crippen LogP contribution >= 0.6 is 0 Å². The van der Waals surface area contributed by atoms with Gasteiger partial charge in [-0.3, -0.25) is 0 Å².